The molecule has 2 aromatic heterocycles. The van der Waals surface area contributed by atoms with Crippen LogP contribution in [-0.2, 0) is 20.8 Å². The molecule has 0 saturated heterocycles. The fourth-order valence-corrected chi connectivity index (χ4v) is 5.70. The van der Waals surface area contributed by atoms with Gasteiger partial charge >= 0.3 is 0 Å². The Morgan fingerprint density at radius 1 is 1.10 bits per heavy atom. The van der Waals surface area contributed by atoms with Crippen LogP contribution in [0.3, 0.4) is 0 Å². The van der Waals surface area contributed by atoms with Crippen molar-refractivity contribution in [3.05, 3.63) is 93.2 Å². The van der Waals surface area contributed by atoms with E-state index in [0.717, 1.165) is 28.9 Å². The van der Waals surface area contributed by atoms with E-state index in [9.17, 15) is 18.0 Å². The Morgan fingerprint density at radius 3 is 2.44 bits per heavy atom. The van der Waals surface area contributed by atoms with Crippen LogP contribution < -0.4 is 5.56 Å². The molecule has 1 atom stereocenters. The average molecular weight is 569 g/mol. The lowest BCUT2D eigenvalue weighted by Gasteiger charge is -2.32. The van der Waals surface area contributed by atoms with Crippen molar-refractivity contribution in [1.82, 2.24) is 18.8 Å². The lowest BCUT2D eigenvalue weighted by molar-refractivity contribution is 0.0646. The molecule has 0 fully saturated rings. The van der Waals surface area contributed by atoms with Gasteiger partial charge in [-0.25, -0.2) is 4.98 Å². The second-order valence-electron chi connectivity index (χ2n) is 9.46. The van der Waals surface area contributed by atoms with E-state index in [0.29, 0.717) is 33.7 Å². The van der Waals surface area contributed by atoms with E-state index in [4.69, 9.17) is 9.17 Å². The van der Waals surface area contributed by atoms with Crippen molar-refractivity contribution >= 4 is 37.8 Å². The van der Waals surface area contributed by atoms with E-state index in [1.807, 2.05) is 56.3 Å². The monoisotopic (exact) mass is 568 g/mol. The summed E-state index contributed by atoms with van der Waals surface area (Å²) in [7, 11) is -3.61. The molecule has 0 saturated carbocycles. The number of aryl methyl sites for hydroxylation is 2. The normalized spacial score (nSPS) is 12.5. The van der Waals surface area contributed by atoms with E-state index >= 15 is 0 Å². The number of amides is 1. The van der Waals surface area contributed by atoms with Gasteiger partial charge in [0.15, 0.2) is 4.83 Å². The van der Waals surface area contributed by atoms with Gasteiger partial charge in [-0.2, -0.15) is 12.8 Å². The first kappa shape index (κ1) is 28.6. The van der Waals surface area contributed by atoms with Crippen molar-refractivity contribution in [3.63, 3.8) is 0 Å². The maximum Gasteiger partial charge on any atom is 0.264 e. The van der Waals surface area contributed by atoms with Crippen molar-refractivity contribution in [2.75, 3.05) is 19.4 Å². The number of benzene rings is 2. The zero-order valence-corrected chi connectivity index (χ0v) is 24.1. The molecule has 9 nitrogen and oxygen atoms in total. The summed E-state index contributed by atoms with van der Waals surface area (Å²) < 4.78 is 33.9. The molecule has 4 rings (SSSR count). The number of carbonyl (C=O) groups excluding carboxylic acids is 1. The van der Waals surface area contributed by atoms with Crippen LogP contribution in [0.15, 0.2) is 59.4 Å². The first-order valence-electron chi connectivity index (χ1n) is 12.7. The van der Waals surface area contributed by atoms with E-state index in [1.165, 1.54) is 0 Å². The molecule has 0 spiro atoms. The van der Waals surface area contributed by atoms with Gasteiger partial charge in [-0.3, -0.25) is 18.3 Å². The number of carbonyl (C=O) groups is 1. The highest BCUT2D eigenvalue weighted by Crippen LogP contribution is 2.28. The minimum absolute atomic E-state index is 0.0652. The zero-order valence-electron chi connectivity index (χ0n) is 22.5. The van der Waals surface area contributed by atoms with Crippen molar-refractivity contribution in [1.29, 1.82) is 0 Å². The third kappa shape index (κ3) is 6.78. The third-order valence-corrected chi connectivity index (χ3v) is 7.87. The van der Waals surface area contributed by atoms with Gasteiger partial charge in [0.05, 0.1) is 36.5 Å². The molecule has 4 aromatic rings. The second kappa shape index (κ2) is 12.2. The van der Waals surface area contributed by atoms with Crippen LogP contribution in [-0.4, -0.2) is 52.6 Å². The molecule has 11 heteroatoms. The highest BCUT2D eigenvalue weighted by Gasteiger charge is 2.30. The largest absolute Gasteiger partial charge is 0.328 e. The van der Waals surface area contributed by atoms with Crippen LogP contribution in [0.4, 0.5) is 0 Å². The SMILES string of the molecule is CCC(c1nc2snc(C)c2c(=O)n1Cc1ccccc1)N(CCCOS(C)(=O)=O)C(=O)c1ccc(C)cc1. The molecule has 1 amide bonds. The summed E-state index contributed by atoms with van der Waals surface area (Å²) in [5.41, 5.74) is 2.87. The molecule has 206 valence electrons. The Kier molecular flexibility index (Phi) is 8.94. The van der Waals surface area contributed by atoms with Crippen LogP contribution in [0.25, 0.3) is 10.2 Å². The molecule has 0 bridgehead atoms. The van der Waals surface area contributed by atoms with E-state index in [1.54, 1.807) is 28.5 Å². The maximum atomic E-state index is 13.9. The van der Waals surface area contributed by atoms with Crippen LogP contribution in [0.2, 0.25) is 0 Å². The molecule has 39 heavy (non-hydrogen) atoms. The fraction of sp³-hybridized carbons (Fsp3) is 0.357. The van der Waals surface area contributed by atoms with Crippen molar-refractivity contribution in [3.8, 4) is 0 Å². The van der Waals surface area contributed by atoms with Gasteiger partial charge in [-0.1, -0.05) is 55.0 Å². The summed E-state index contributed by atoms with van der Waals surface area (Å²) in [6, 6.07) is 16.3. The lowest BCUT2D eigenvalue weighted by atomic mass is 10.1. The van der Waals surface area contributed by atoms with Gasteiger partial charge in [0.2, 0.25) is 0 Å². The molecular formula is C28H32N4O5S2. The Balaban J connectivity index is 1.81. The molecule has 2 aromatic carbocycles. The Morgan fingerprint density at radius 2 is 1.79 bits per heavy atom. The highest BCUT2D eigenvalue weighted by molar-refractivity contribution is 7.85. The van der Waals surface area contributed by atoms with Gasteiger partial charge in [0, 0.05) is 12.1 Å². The number of nitrogens with zero attached hydrogens (tertiary/aromatic N) is 4. The Bertz CT molecular complexity index is 1610. The summed E-state index contributed by atoms with van der Waals surface area (Å²) in [5.74, 6) is 0.231. The lowest BCUT2D eigenvalue weighted by Crippen LogP contribution is -2.40. The Labute approximate surface area is 232 Å². The molecule has 0 aliphatic carbocycles. The second-order valence-corrected chi connectivity index (χ2v) is 11.9. The van der Waals surface area contributed by atoms with Gasteiger partial charge < -0.3 is 4.90 Å². The maximum absolute atomic E-state index is 13.9. The minimum Gasteiger partial charge on any atom is -0.328 e. The van der Waals surface area contributed by atoms with Crippen molar-refractivity contribution in [2.24, 2.45) is 0 Å². The topological polar surface area (TPSA) is 111 Å². The summed E-state index contributed by atoms with van der Waals surface area (Å²) in [6.07, 6.45) is 1.76. The first-order chi connectivity index (χ1) is 18.6. The minimum atomic E-state index is -3.61. The fourth-order valence-electron chi connectivity index (χ4n) is 4.51. The number of hydrogen-bond acceptors (Lipinski definition) is 8. The van der Waals surface area contributed by atoms with Crippen LogP contribution in [0.5, 0.6) is 0 Å². The van der Waals surface area contributed by atoms with Crippen molar-refractivity contribution < 1.29 is 17.4 Å². The van der Waals surface area contributed by atoms with Gasteiger partial charge in [-0.15, -0.1) is 0 Å². The average Bonchev–Trinajstić information content (AvgIpc) is 3.28. The molecule has 1 unspecified atom stereocenters. The Hall–Kier alpha value is -3.41. The predicted molar refractivity (Wildman–Crippen MR) is 153 cm³/mol. The quantitative estimate of drug-likeness (QED) is 0.194. The van der Waals surface area contributed by atoms with Crippen LogP contribution in [0, 0.1) is 13.8 Å². The molecular weight excluding hydrogens is 536 g/mol. The van der Waals surface area contributed by atoms with E-state index in [2.05, 4.69) is 4.37 Å². The standard InChI is InChI=1S/C28H32N4O5S2/c1-5-23(31(16-9-17-37-39(4,35)36)27(33)22-14-12-19(2)13-15-22)25-29-26-24(20(3)30-38-26)28(34)32(25)18-21-10-7-6-8-11-21/h6-8,10-15,23H,5,9,16-18H2,1-4H3. The zero-order chi connectivity index (χ0) is 28.2. The van der Waals surface area contributed by atoms with Gasteiger partial charge in [0.25, 0.3) is 21.6 Å². The van der Waals surface area contributed by atoms with Crippen LogP contribution >= 0.6 is 11.5 Å². The molecule has 0 N–H and O–H groups in total. The van der Waals surface area contributed by atoms with E-state index < -0.39 is 16.2 Å². The first-order valence-corrected chi connectivity index (χ1v) is 15.3. The summed E-state index contributed by atoms with van der Waals surface area (Å²) in [5, 5.41) is 0.479. The number of rotatable bonds is 11. The summed E-state index contributed by atoms with van der Waals surface area (Å²) in [6.45, 7) is 6.11. The summed E-state index contributed by atoms with van der Waals surface area (Å²) in [4.78, 5) is 34.8. The third-order valence-electron chi connectivity index (χ3n) is 6.44. The van der Waals surface area contributed by atoms with E-state index in [-0.39, 0.29) is 37.6 Å². The summed E-state index contributed by atoms with van der Waals surface area (Å²) >= 11 is 1.16. The predicted octanol–water partition coefficient (Wildman–Crippen LogP) is 4.48. The van der Waals surface area contributed by atoms with Gasteiger partial charge in [-0.05, 0) is 55.9 Å². The van der Waals surface area contributed by atoms with Crippen LogP contribution in [0.1, 0.15) is 58.8 Å². The molecule has 2 heterocycles. The van der Waals surface area contributed by atoms with Gasteiger partial charge in [0.1, 0.15) is 5.82 Å². The molecule has 0 aliphatic rings. The highest BCUT2D eigenvalue weighted by atomic mass is 32.2. The smallest absolute Gasteiger partial charge is 0.264 e. The number of aromatic nitrogens is 3. The number of fused-ring (bicyclic) bond motifs is 1. The van der Waals surface area contributed by atoms with Crippen molar-refractivity contribution in [2.45, 2.75) is 46.2 Å². The molecule has 0 radical (unpaired) electrons. The molecule has 0 aliphatic heterocycles. The number of hydrogen-bond donors (Lipinski definition) is 0.